The van der Waals surface area contributed by atoms with Crippen molar-refractivity contribution in [3.05, 3.63) is 56.2 Å². The molecule has 1 aromatic carbocycles. The first kappa shape index (κ1) is 12.8. The molecule has 2 heterocycles. The highest BCUT2D eigenvalue weighted by Gasteiger charge is 2.43. The number of halogens is 1. The summed E-state index contributed by atoms with van der Waals surface area (Å²) in [7, 11) is 0. The van der Waals surface area contributed by atoms with E-state index in [0.717, 1.165) is 9.35 Å². The Kier molecular flexibility index (Phi) is 3.20. The summed E-state index contributed by atoms with van der Waals surface area (Å²) in [6.45, 7) is 1.20. The summed E-state index contributed by atoms with van der Waals surface area (Å²) < 4.78 is 6.47. The van der Waals surface area contributed by atoms with Crippen LogP contribution in [0.3, 0.4) is 0 Å². The quantitative estimate of drug-likeness (QED) is 0.931. The average Bonchev–Trinajstić information content (AvgIpc) is 2.75. The molecule has 3 rings (SSSR count). The Morgan fingerprint density at radius 1 is 1.32 bits per heavy atom. The molecule has 0 aliphatic carbocycles. The summed E-state index contributed by atoms with van der Waals surface area (Å²) in [5.41, 5.74) is 1.13. The van der Waals surface area contributed by atoms with E-state index in [-0.39, 0.29) is 5.41 Å². The van der Waals surface area contributed by atoms with E-state index in [4.69, 9.17) is 9.84 Å². The van der Waals surface area contributed by atoms with Crippen LogP contribution in [0.25, 0.3) is 0 Å². The zero-order valence-corrected chi connectivity index (χ0v) is 12.3. The number of ether oxygens (including phenoxy) is 1. The SMILES string of the molecule is O=C(O)c1cccc(C2(c3ccc(Br)s3)COC2)c1. The molecule has 3 nitrogen and oxygen atoms in total. The third-order valence-electron chi connectivity index (χ3n) is 3.40. The second-order valence-electron chi connectivity index (χ2n) is 4.56. The molecular formula is C14H11BrO3S. The molecule has 0 saturated carbocycles. The van der Waals surface area contributed by atoms with E-state index in [9.17, 15) is 4.79 Å². The van der Waals surface area contributed by atoms with Gasteiger partial charge >= 0.3 is 5.97 Å². The number of thiophene rings is 1. The normalized spacial score (nSPS) is 16.9. The lowest BCUT2D eigenvalue weighted by Gasteiger charge is -2.41. The zero-order chi connectivity index (χ0) is 13.5. The molecule has 1 fully saturated rings. The molecule has 2 aromatic rings. The van der Waals surface area contributed by atoms with Gasteiger partial charge in [0.15, 0.2) is 0 Å². The number of aromatic carboxylic acids is 1. The molecule has 1 aromatic heterocycles. The van der Waals surface area contributed by atoms with Crippen molar-refractivity contribution in [2.24, 2.45) is 0 Å². The highest BCUT2D eigenvalue weighted by Crippen LogP contribution is 2.43. The van der Waals surface area contributed by atoms with E-state index >= 15 is 0 Å². The second kappa shape index (κ2) is 4.74. The standard InChI is InChI=1S/C14H11BrO3S/c15-12-5-4-11(19-12)14(7-18-8-14)10-3-1-2-9(6-10)13(16)17/h1-6H,7-8H2,(H,16,17). The fourth-order valence-corrected chi connectivity index (χ4v) is 3.85. The van der Waals surface area contributed by atoms with Gasteiger partial charge in [0, 0.05) is 4.88 Å². The van der Waals surface area contributed by atoms with Crippen molar-refractivity contribution < 1.29 is 14.6 Å². The Morgan fingerprint density at radius 3 is 2.63 bits per heavy atom. The molecule has 0 spiro atoms. The smallest absolute Gasteiger partial charge is 0.335 e. The molecule has 5 heteroatoms. The Bertz CT molecular complexity index is 631. The lowest BCUT2D eigenvalue weighted by Crippen LogP contribution is -2.47. The van der Waals surface area contributed by atoms with Gasteiger partial charge in [-0.05, 0) is 45.8 Å². The van der Waals surface area contributed by atoms with Crippen molar-refractivity contribution in [1.29, 1.82) is 0 Å². The van der Waals surface area contributed by atoms with Crippen molar-refractivity contribution >= 4 is 33.2 Å². The number of carboxylic acid groups (broad SMARTS) is 1. The first-order valence-electron chi connectivity index (χ1n) is 5.79. The van der Waals surface area contributed by atoms with Crippen LogP contribution in [0.4, 0.5) is 0 Å². The van der Waals surface area contributed by atoms with Crippen LogP contribution in [0.5, 0.6) is 0 Å². The molecule has 0 unspecified atom stereocenters. The van der Waals surface area contributed by atoms with Crippen LogP contribution >= 0.6 is 27.3 Å². The first-order chi connectivity index (χ1) is 9.12. The third kappa shape index (κ3) is 2.12. The van der Waals surface area contributed by atoms with Gasteiger partial charge in [0.2, 0.25) is 0 Å². The zero-order valence-electron chi connectivity index (χ0n) is 9.93. The van der Waals surface area contributed by atoms with Gasteiger partial charge in [-0.25, -0.2) is 4.79 Å². The summed E-state index contributed by atoms with van der Waals surface area (Å²) in [5.74, 6) is -0.899. The van der Waals surface area contributed by atoms with Crippen LogP contribution < -0.4 is 0 Å². The van der Waals surface area contributed by atoms with Crippen molar-refractivity contribution in [3.8, 4) is 0 Å². The fraction of sp³-hybridized carbons (Fsp3) is 0.214. The summed E-state index contributed by atoms with van der Waals surface area (Å²) in [6, 6.07) is 11.2. The predicted molar refractivity (Wildman–Crippen MR) is 77.0 cm³/mol. The van der Waals surface area contributed by atoms with Gasteiger partial charge in [-0.3, -0.25) is 0 Å². The molecule has 1 saturated heterocycles. The maximum atomic E-state index is 11.1. The number of rotatable bonds is 3. The summed E-state index contributed by atoms with van der Waals surface area (Å²) >= 11 is 5.14. The molecule has 0 bridgehead atoms. The molecule has 0 amide bonds. The summed E-state index contributed by atoms with van der Waals surface area (Å²) in [5, 5.41) is 9.10. The minimum absolute atomic E-state index is 0.192. The van der Waals surface area contributed by atoms with Crippen LogP contribution in [-0.2, 0) is 10.2 Å². The van der Waals surface area contributed by atoms with Crippen molar-refractivity contribution in [2.75, 3.05) is 13.2 Å². The van der Waals surface area contributed by atoms with Gasteiger partial charge < -0.3 is 9.84 Å². The number of benzene rings is 1. The molecule has 0 radical (unpaired) electrons. The summed E-state index contributed by atoms with van der Waals surface area (Å²) in [4.78, 5) is 12.3. The summed E-state index contributed by atoms with van der Waals surface area (Å²) in [6.07, 6.45) is 0. The fourth-order valence-electron chi connectivity index (χ4n) is 2.28. The lowest BCUT2D eigenvalue weighted by atomic mass is 9.77. The maximum absolute atomic E-state index is 11.1. The largest absolute Gasteiger partial charge is 0.478 e. The number of carbonyl (C=O) groups is 1. The van der Waals surface area contributed by atoms with Crippen molar-refractivity contribution in [2.45, 2.75) is 5.41 Å². The molecule has 0 atom stereocenters. The van der Waals surface area contributed by atoms with Crippen LogP contribution in [0.1, 0.15) is 20.8 Å². The van der Waals surface area contributed by atoms with Crippen molar-refractivity contribution in [1.82, 2.24) is 0 Å². The van der Waals surface area contributed by atoms with Gasteiger partial charge in [-0.1, -0.05) is 12.1 Å². The van der Waals surface area contributed by atoms with E-state index in [1.165, 1.54) is 4.88 Å². The number of carboxylic acids is 1. The van der Waals surface area contributed by atoms with Gasteiger partial charge in [-0.15, -0.1) is 11.3 Å². The van der Waals surface area contributed by atoms with E-state index in [1.54, 1.807) is 29.5 Å². The van der Waals surface area contributed by atoms with Crippen LogP contribution in [0.15, 0.2) is 40.2 Å². The molecular weight excluding hydrogens is 328 g/mol. The molecule has 1 N–H and O–H groups in total. The Balaban J connectivity index is 2.07. The minimum atomic E-state index is -0.899. The number of hydrogen-bond donors (Lipinski definition) is 1. The minimum Gasteiger partial charge on any atom is -0.478 e. The van der Waals surface area contributed by atoms with Gasteiger partial charge in [0.1, 0.15) is 0 Å². The highest BCUT2D eigenvalue weighted by molar-refractivity contribution is 9.11. The van der Waals surface area contributed by atoms with Crippen LogP contribution in [-0.4, -0.2) is 24.3 Å². The number of hydrogen-bond acceptors (Lipinski definition) is 3. The monoisotopic (exact) mass is 338 g/mol. The van der Waals surface area contributed by atoms with Crippen LogP contribution in [0, 0.1) is 0 Å². The average molecular weight is 339 g/mol. The van der Waals surface area contributed by atoms with E-state index in [2.05, 4.69) is 22.0 Å². The Labute approximate surface area is 123 Å². The van der Waals surface area contributed by atoms with E-state index < -0.39 is 5.97 Å². The third-order valence-corrected chi connectivity index (χ3v) is 5.23. The molecule has 1 aliphatic heterocycles. The van der Waals surface area contributed by atoms with Gasteiger partial charge in [0.05, 0.1) is 28.0 Å². The van der Waals surface area contributed by atoms with Gasteiger partial charge in [0.25, 0.3) is 0 Å². The molecule has 19 heavy (non-hydrogen) atoms. The van der Waals surface area contributed by atoms with E-state index in [0.29, 0.717) is 18.8 Å². The highest BCUT2D eigenvalue weighted by atomic mass is 79.9. The molecule has 1 aliphatic rings. The first-order valence-corrected chi connectivity index (χ1v) is 7.40. The lowest BCUT2D eigenvalue weighted by molar-refractivity contribution is -0.0362. The molecule has 98 valence electrons. The van der Waals surface area contributed by atoms with Crippen LogP contribution in [0.2, 0.25) is 0 Å². The van der Waals surface area contributed by atoms with Crippen molar-refractivity contribution in [3.63, 3.8) is 0 Å². The van der Waals surface area contributed by atoms with E-state index in [1.807, 2.05) is 12.1 Å². The Morgan fingerprint density at radius 2 is 2.11 bits per heavy atom. The second-order valence-corrected chi connectivity index (χ2v) is 7.03. The Hall–Kier alpha value is -1.17. The topological polar surface area (TPSA) is 46.5 Å². The maximum Gasteiger partial charge on any atom is 0.335 e. The van der Waals surface area contributed by atoms with Gasteiger partial charge in [-0.2, -0.15) is 0 Å². The predicted octanol–water partition coefficient (Wildman–Crippen LogP) is 3.53.